The van der Waals surface area contributed by atoms with Crippen LogP contribution in [0.5, 0.6) is 0 Å². The third-order valence-corrected chi connectivity index (χ3v) is 3.71. The number of nitrogens with one attached hydrogen (secondary N) is 1. The van der Waals surface area contributed by atoms with E-state index in [4.69, 9.17) is 10.5 Å². The molecule has 0 aliphatic carbocycles. The predicted molar refractivity (Wildman–Crippen MR) is 82.0 cm³/mol. The van der Waals surface area contributed by atoms with Crippen molar-refractivity contribution in [1.82, 2.24) is 5.32 Å². The third-order valence-electron chi connectivity index (χ3n) is 3.71. The fraction of sp³-hybridized carbons (Fsp3) is 0.235. The summed E-state index contributed by atoms with van der Waals surface area (Å²) in [5.41, 5.74) is 9.34. The maximum Gasteiger partial charge on any atom is 0.251 e. The van der Waals surface area contributed by atoms with E-state index in [0.29, 0.717) is 24.4 Å². The summed E-state index contributed by atoms with van der Waals surface area (Å²) in [5, 5.41) is 2.92. The maximum atomic E-state index is 12.1. The van der Waals surface area contributed by atoms with Crippen LogP contribution >= 0.6 is 0 Å². The minimum Gasteiger partial charge on any atom is -0.399 e. The number of rotatable bonds is 3. The molecule has 0 bridgehead atoms. The van der Waals surface area contributed by atoms with Gasteiger partial charge < -0.3 is 15.8 Å². The number of ether oxygens (including phenoxy) is 1. The van der Waals surface area contributed by atoms with Gasteiger partial charge in [-0.3, -0.25) is 4.79 Å². The van der Waals surface area contributed by atoms with E-state index in [1.807, 2.05) is 12.1 Å². The van der Waals surface area contributed by atoms with Crippen molar-refractivity contribution >= 4 is 11.6 Å². The number of fused-ring (bicyclic) bond motifs is 1. The van der Waals surface area contributed by atoms with Crippen LogP contribution < -0.4 is 11.1 Å². The number of nitrogens with two attached hydrogens (primary N) is 1. The molecule has 2 aromatic carbocycles. The zero-order valence-corrected chi connectivity index (χ0v) is 11.7. The summed E-state index contributed by atoms with van der Waals surface area (Å²) in [6.07, 6.45) is 0.853. The monoisotopic (exact) mass is 282 g/mol. The topological polar surface area (TPSA) is 64.4 Å². The van der Waals surface area contributed by atoms with Crippen molar-refractivity contribution in [2.45, 2.75) is 12.5 Å². The van der Waals surface area contributed by atoms with Crippen molar-refractivity contribution < 1.29 is 9.53 Å². The summed E-state index contributed by atoms with van der Waals surface area (Å²) in [5.74, 6) is -0.110. The molecule has 0 radical (unpaired) electrons. The van der Waals surface area contributed by atoms with Crippen LogP contribution in [0.4, 0.5) is 5.69 Å². The summed E-state index contributed by atoms with van der Waals surface area (Å²) in [4.78, 5) is 12.1. The highest BCUT2D eigenvalue weighted by Gasteiger charge is 2.20. The zero-order valence-electron chi connectivity index (χ0n) is 11.7. The lowest BCUT2D eigenvalue weighted by molar-refractivity contribution is 0.0411. The molecular formula is C17H18N2O2. The second-order valence-corrected chi connectivity index (χ2v) is 5.14. The fourth-order valence-corrected chi connectivity index (χ4v) is 2.57. The molecule has 1 amide bonds. The first-order valence-corrected chi connectivity index (χ1v) is 7.07. The molecule has 1 atom stereocenters. The number of hydrogen-bond acceptors (Lipinski definition) is 3. The molecule has 3 N–H and O–H groups in total. The minimum absolute atomic E-state index is 0.0762. The van der Waals surface area contributed by atoms with Gasteiger partial charge in [-0.25, -0.2) is 0 Å². The number of nitrogen functional groups attached to an aromatic ring is 1. The van der Waals surface area contributed by atoms with Crippen LogP contribution in [0.3, 0.4) is 0 Å². The van der Waals surface area contributed by atoms with Crippen molar-refractivity contribution in [3.8, 4) is 0 Å². The van der Waals surface area contributed by atoms with E-state index in [-0.39, 0.29) is 12.0 Å². The molecular weight excluding hydrogens is 264 g/mol. The van der Waals surface area contributed by atoms with Gasteiger partial charge in [-0.15, -0.1) is 0 Å². The zero-order chi connectivity index (χ0) is 14.7. The Bertz CT molecular complexity index is 637. The molecule has 1 heterocycles. The molecule has 4 nitrogen and oxygen atoms in total. The molecule has 108 valence electrons. The lowest BCUT2D eigenvalue weighted by Crippen LogP contribution is -2.31. The lowest BCUT2D eigenvalue weighted by atomic mass is 9.97. The van der Waals surface area contributed by atoms with Gasteiger partial charge in [0, 0.05) is 17.8 Å². The largest absolute Gasteiger partial charge is 0.399 e. The van der Waals surface area contributed by atoms with Gasteiger partial charge in [-0.05, 0) is 41.8 Å². The van der Waals surface area contributed by atoms with E-state index in [1.165, 1.54) is 11.1 Å². The molecule has 0 saturated carbocycles. The highest BCUT2D eigenvalue weighted by molar-refractivity contribution is 5.94. The molecule has 1 aliphatic heterocycles. The van der Waals surface area contributed by atoms with Crippen LogP contribution in [0.2, 0.25) is 0 Å². The molecule has 2 aromatic rings. The summed E-state index contributed by atoms with van der Waals surface area (Å²) >= 11 is 0. The Balaban J connectivity index is 1.66. The Morgan fingerprint density at radius 3 is 2.76 bits per heavy atom. The number of hydrogen-bond donors (Lipinski definition) is 2. The second-order valence-electron chi connectivity index (χ2n) is 5.14. The molecule has 0 spiro atoms. The molecule has 0 saturated heterocycles. The summed E-state index contributed by atoms with van der Waals surface area (Å²) < 4.78 is 5.78. The van der Waals surface area contributed by atoms with Gasteiger partial charge in [0.05, 0.1) is 6.61 Å². The van der Waals surface area contributed by atoms with Crippen LogP contribution in [0.15, 0.2) is 48.5 Å². The first-order valence-electron chi connectivity index (χ1n) is 7.07. The number of carbonyl (C=O) groups is 1. The van der Waals surface area contributed by atoms with Crippen molar-refractivity contribution in [2.24, 2.45) is 0 Å². The maximum absolute atomic E-state index is 12.1. The van der Waals surface area contributed by atoms with Crippen molar-refractivity contribution in [3.05, 3.63) is 65.2 Å². The van der Waals surface area contributed by atoms with E-state index < -0.39 is 0 Å². The van der Waals surface area contributed by atoms with Crippen LogP contribution in [0.25, 0.3) is 0 Å². The molecule has 21 heavy (non-hydrogen) atoms. The van der Waals surface area contributed by atoms with E-state index in [0.717, 1.165) is 6.42 Å². The van der Waals surface area contributed by atoms with Gasteiger partial charge in [0.1, 0.15) is 6.10 Å². The Labute approximate surface area is 123 Å². The first kappa shape index (κ1) is 13.6. The summed E-state index contributed by atoms with van der Waals surface area (Å²) in [7, 11) is 0. The highest BCUT2D eigenvalue weighted by atomic mass is 16.5. The number of benzene rings is 2. The van der Waals surface area contributed by atoms with Crippen LogP contribution in [-0.2, 0) is 11.2 Å². The van der Waals surface area contributed by atoms with E-state index in [2.05, 4.69) is 17.4 Å². The Hall–Kier alpha value is -2.33. The highest BCUT2D eigenvalue weighted by Crippen LogP contribution is 2.26. The molecule has 0 aromatic heterocycles. The quantitative estimate of drug-likeness (QED) is 0.849. The van der Waals surface area contributed by atoms with Gasteiger partial charge in [0.25, 0.3) is 5.91 Å². The third kappa shape index (κ3) is 3.06. The van der Waals surface area contributed by atoms with Gasteiger partial charge in [-0.1, -0.05) is 24.3 Å². The van der Waals surface area contributed by atoms with Crippen LogP contribution in [-0.4, -0.2) is 19.1 Å². The Morgan fingerprint density at radius 1 is 1.19 bits per heavy atom. The second kappa shape index (κ2) is 5.97. The Kier molecular flexibility index (Phi) is 3.88. The van der Waals surface area contributed by atoms with E-state index in [1.54, 1.807) is 24.3 Å². The number of amides is 1. The molecule has 0 fully saturated rings. The van der Waals surface area contributed by atoms with Gasteiger partial charge >= 0.3 is 0 Å². The average Bonchev–Trinajstić information content (AvgIpc) is 2.53. The molecule has 4 heteroatoms. The van der Waals surface area contributed by atoms with Gasteiger partial charge in [-0.2, -0.15) is 0 Å². The van der Waals surface area contributed by atoms with Crippen molar-refractivity contribution in [3.63, 3.8) is 0 Å². The first-order chi connectivity index (χ1) is 10.2. The van der Waals surface area contributed by atoms with Gasteiger partial charge in [0.15, 0.2) is 0 Å². The van der Waals surface area contributed by atoms with Crippen LogP contribution in [0.1, 0.15) is 27.6 Å². The molecule has 1 aliphatic rings. The summed E-state index contributed by atoms with van der Waals surface area (Å²) in [6, 6.07) is 15.1. The Morgan fingerprint density at radius 2 is 1.95 bits per heavy atom. The average molecular weight is 282 g/mol. The number of anilines is 1. The van der Waals surface area contributed by atoms with Crippen LogP contribution in [0, 0.1) is 0 Å². The lowest BCUT2D eigenvalue weighted by Gasteiger charge is -2.26. The predicted octanol–water partition coefficient (Wildman–Crippen LogP) is 2.31. The fourth-order valence-electron chi connectivity index (χ4n) is 2.57. The standard InChI is InChI=1S/C17H18N2O2/c18-14-7-5-13(6-8-14)17(20)19-11-16-15-4-2-1-3-12(15)9-10-21-16/h1-8,16H,9-11,18H2,(H,19,20)/t16-/m1/s1. The van der Waals surface area contributed by atoms with Crippen molar-refractivity contribution in [2.75, 3.05) is 18.9 Å². The van der Waals surface area contributed by atoms with E-state index >= 15 is 0 Å². The normalized spacial score (nSPS) is 17.0. The molecule has 3 rings (SSSR count). The minimum atomic E-state index is -0.110. The van der Waals surface area contributed by atoms with Gasteiger partial charge in [0.2, 0.25) is 0 Å². The molecule has 0 unspecified atom stereocenters. The van der Waals surface area contributed by atoms with Crippen molar-refractivity contribution in [1.29, 1.82) is 0 Å². The SMILES string of the molecule is Nc1ccc(C(=O)NC[C@H]2OCCc3ccccc32)cc1. The van der Waals surface area contributed by atoms with E-state index in [9.17, 15) is 4.79 Å². The smallest absolute Gasteiger partial charge is 0.251 e. The summed E-state index contributed by atoms with van der Waals surface area (Å²) in [6.45, 7) is 1.17. The number of carbonyl (C=O) groups excluding carboxylic acids is 1.